The molecular formula is C20H21NO2. The van der Waals surface area contributed by atoms with E-state index in [2.05, 4.69) is 24.3 Å². The number of ether oxygens (including phenoxy) is 2. The maximum atomic E-state index is 6.22. The van der Waals surface area contributed by atoms with E-state index in [0.29, 0.717) is 6.61 Å². The van der Waals surface area contributed by atoms with E-state index in [-0.39, 0.29) is 6.04 Å². The lowest BCUT2D eigenvalue weighted by atomic mass is 10.1. The lowest BCUT2D eigenvalue weighted by Crippen LogP contribution is -2.14. The average molecular weight is 307 g/mol. The summed E-state index contributed by atoms with van der Waals surface area (Å²) in [6.07, 6.45) is 0.763. The van der Waals surface area contributed by atoms with Gasteiger partial charge in [-0.1, -0.05) is 42.5 Å². The Hall–Kier alpha value is -2.52. The summed E-state index contributed by atoms with van der Waals surface area (Å²) < 4.78 is 11.0. The van der Waals surface area contributed by atoms with Crippen LogP contribution in [0, 0.1) is 0 Å². The number of fused-ring (bicyclic) bond motifs is 1. The van der Waals surface area contributed by atoms with Crippen LogP contribution in [0.4, 0.5) is 0 Å². The van der Waals surface area contributed by atoms with Gasteiger partial charge in [0.2, 0.25) is 0 Å². The molecule has 0 bridgehead atoms. The monoisotopic (exact) mass is 307 g/mol. The van der Waals surface area contributed by atoms with Crippen LogP contribution in [-0.4, -0.2) is 13.7 Å². The van der Waals surface area contributed by atoms with Crippen molar-refractivity contribution in [3.8, 4) is 11.5 Å². The van der Waals surface area contributed by atoms with E-state index in [1.807, 2.05) is 42.5 Å². The van der Waals surface area contributed by atoms with Crippen molar-refractivity contribution in [2.45, 2.75) is 12.5 Å². The van der Waals surface area contributed by atoms with Gasteiger partial charge in [-0.15, -0.1) is 0 Å². The van der Waals surface area contributed by atoms with E-state index in [0.717, 1.165) is 23.5 Å². The van der Waals surface area contributed by atoms with E-state index in [1.54, 1.807) is 7.11 Å². The quantitative estimate of drug-likeness (QED) is 0.737. The van der Waals surface area contributed by atoms with Gasteiger partial charge in [0.1, 0.15) is 11.5 Å². The van der Waals surface area contributed by atoms with Crippen LogP contribution in [0.1, 0.15) is 18.0 Å². The molecule has 3 aromatic rings. The summed E-state index contributed by atoms with van der Waals surface area (Å²) in [6, 6.07) is 22.2. The van der Waals surface area contributed by atoms with Crippen molar-refractivity contribution >= 4 is 10.8 Å². The van der Waals surface area contributed by atoms with E-state index in [1.165, 1.54) is 10.8 Å². The van der Waals surface area contributed by atoms with Gasteiger partial charge in [0.25, 0.3) is 0 Å². The molecule has 3 rings (SSSR count). The Kier molecular flexibility index (Phi) is 4.79. The third kappa shape index (κ3) is 3.82. The first-order valence-corrected chi connectivity index (χ1v) is 7.77. The Morgan fingerprint density at radius 3 is 2.30 bits per heavy atom. The fourth-order valence-electron chi connectivity index (χ4n) is 2.58. The number of benzene rings is 3. The van der Waals surface area contributed by atoms with Gasteiger partial charge in [0.05, 0.1) is 13.7 Å². The maximum Gasteiger partial charge on any atom is 0.119 e. The van der Waals surface area contributed by atoms with Crippen molar-refractivity contribution in [2.75, 3.05) is 13.7 Å². The third-order valence-electron chi connectivity index (χ3n) is 3.96. The van der Waals surface area contributed by atoms with Crippen LogP contribution < -0.4 is 15.2 Å². The van der Waals surface area contributed by atoms with Crippen LogP contribution in [0.25, 0.3) is 10.8 Å². The molecule has 0 fully saturated rings. The van der Waals surface area contributed by atoms with Crippen LogP contribution >= 0.6 is 0 Å². The first kappa shape index (κ1) is 15.4. The predicted octanol–water partition coefficient (Wildman–Crippen LogP) is 4.32. The molecule has 0 saturated heterocycles. The van der Waals surface area contributed by atoms with Crippen LogP contribution in [0.3, 0.4) is 0 Å². The van der Waals surface area contributed by atoms with Crippen molar-refractivity contribution < 1.29 is 9.47 Å². The van der Waals surface area contributed by atoms with Crippen molar-refractivity contribution in [3.63, 3.8) is 0 Å². The highest BCUT2D eigenvalue weighted by atomic mass is 16.5. The summed E-state index contributed by atoms with van der Waals surface area (Å²) in [7, 11) is 1.66. The molecule has 0 spiro atoms. The van der Waals surface area contributed by atoms with E-state index in [9.17, 15) is 0 Å². The van der Waals surface area contributed by atoms with Crippen molar-refractivity contribution in [2.24, 2.45) is 5.73 Å². The molecule has 0 radical (unpaired) electrons. The minimum absolute atomic E-state index is 0.0404. The molecule has 3 nitrogen and oxygen atoms in total. The number of rotatable bonds is 6. The Balaban J connectivity index is 1.56. The van der Waals surface area contributed by atoms with Crippen molar-refractivity contribution in [3.05, 3.63) is 72.3 Å². The standard InChI is InChI=1S/C20H21NO2/c1-22-18-9-7-16(8-10-18)20(21)12-13-23-19-11-6-15-4-2-3-5-17(15)14-19/h2-11,14,20H,12-13,21H2,1H3. The molecule has 1 atom stereocenters. The van der Waals surface area contributed by atoms with Gasteiger partial charge >= 0.3 is 0 Å². The molecule has 0 saturated carbocycles. The molecular weight excluding hydrogens is 286 g/mol. The predicted molar refractivity (Wildman–Crippen MR) is 94.0 cm³/mol. The summed E-state index contributed by atoms with van der Waals surface area (Å²) in [5, 5.41) is 2.40. The molecule has 0 aliphatic carbocycles. The highest BCUT2D eigenvalue weighted by Gasteiger charge is 2.07. The van der Waals surface area contributed by atoms with Gasteiger partial charge in [0.15, 0.2) is 0 Å². The second-order valence-electron chi connectivity index (χ2n) is 5.53. The van der Waals surface area contributed by atoms with Gasteiger partial charge in [0, 0.05) is 12.5 Å². The zero-order valence-corrected chi connectivity index (χ0v) is 13.2. The summed E-state index contributed by atoms with van der Waals surface area (Å²) in [5.74, 6) is 1.72. The lowest BCUT2D eigenvalue weighted by Gasteiger charge is -2.13. The van der Waals surface area contributed by atoms with Gasteiger partial charge in [-0.3, -0.25) is 0 Å². The van der Waals surface area contributed by atoms with E-state index in [4.69, 9.17) is 15.2 Å². The molecule has 3 heteroatoms. The average Bonchev–Trinajstić information content (AvgIpc) is 2.61. The fourth-order valence-corrected chi connectivity index (χ4v) is 2.58. The van der Waals surface area contributed by atoms with Gasteiger partial charge in [-0.05, 0) is 40.6 Å². The minimum atomic E-state index is -0.0404. The normalized spacial score (nSPS) is 12.1. The van der Waals surface area contributed by atoms with Crippen LogP contribution in [0.5, 0.6) is 11.5 Å². The topological polar surface area (TPSA) is 44.5 Å². The summed E-state index contributed by atoms with van der Waals surface area (Å²) >= 11 is 0. The summed E-state index contributed by atoms with van der Waals surface area (Å²) in [5.41, 5.74) is 7.31. The molecule has 1 unspecified atom stereocenters. The highest BCUT2D eigenvalue weighted by molar-refractivity contribution is 5.83. The summed E-state index contributed by atoms with van der Waals surface area (Å²) in [4.78, 5) is 0. The van der Waals surface area contributed by atoms with E-state index >= 15 is 0 Å². The molecule has 3 aromatic carbocycles. The molecule has 0 aromatic heterocycles. The molecule has 23 heavy (non-hydrogen) atoms. The molecule has 0 amide bonds. The second kappa shape index (κ2) is 7.16. The lowest BCUT2D eigenvalue weighted by molar-refractivity contribution is 0.299. The first-order valence-electron chi connectivity index (χ1n) is 7.77. The largest absolute Gasteiger partial charge is 0.497 e. The van der Waals surface area contributed by atoms with Crippen LogP contribution in [0.2, 0.25) is 0 Å². The Labute approximate surface area is 136 Å². The first-order chi connectivity index (χ1) is 11.3. The number of methoxy groups -OCH3 is 1. The van der Waals surface area contributed by atoms with Crippen LogP contribution in [0.15, 0.2) is 66.7 Å². The Morgan fingerprint density at radius 2 is 1.57 bits per heavy atom. The second-order valence-corrected chi connectivity index (χ2v) is 5.53. The van der Waals surface area contributed by atoms with Crippen molar-refractivity contribution in [1.82, 2.24) is 0 Å². The van der Waals surface area contributed by atoms with Gasteiger partial charge in [-0.25, -0.2) is 0 Å². The number of hydrogen-bond acceptors (Lipinski definition) is 3. The molecule has 0 heterocycles. The zero-order valence-electron chi connectivity index (χ0n) is 13.2. The number of hydrogen-bond donors (Lipinski definition) is 1. The smallest absolute Gasteiger partial charge is 0.119 e. The Bertz CT molecular complexity index is 768. The van der Waals surface area contributed by atoms with E-state index < -0.39 is 0 Å². The molecule has 0 aliphatic heterocycles. The van der Waals surface area contributed by atoms with Gasteiger partial charge in [-0.2, -0.15) is 0 Å². The number of nitrogens with two attached hydrogens (primary N) is 1. The van der Waals surface area contributed by atoms with Crippen molar-refractivity contribution in [1.29, 1.82) is 0 Å². The van der Waals surface area contributed by atoms with Crippen LogP contribution in [-0.2, 0) is 0 Å². The molecule has 2 N–H and O–H groups in total. The fraction of sp³-hybridized carbons (Fsp3) is 0.200. The minimum Gasteiger partial charge on any atom is -0.497 e. The highest BCUT2D eigenvalue weighted by Crippen LogP contribution is 2.22. The summed E-state index contributed by atoms with van der Waals surface area (Å²) in [6.45, 7) is 0.589. The molecule has 0 aliphatic rings. The molecule has 118 valence electrons. The Morgan fingerprint density at radius 1 is 0.870 bits per heavy atom. The van der Waals surface area contributed by atoms with Gasteiger partial charge < -0.3 is 15.2 Å². The zero-order chi connectivity index (χ0) is 16.1. The SMILES string of the molecule is COc1ccc(C(N)CCOc2ccc3ccccc3c2)cc1. The maximum absolute atomic E-state index is 6.22. The third-order valence-corrected chi connectivity index (χ3v) is 3.96.